The van der Waals surface area contributed by atoms with Crippen LogP contribution in [-0.4, -0.2) is 30.8 Å². The molecule has 0 bridgehead atoms. The number of aromatic nitrogens is 1. The number of ether oxygens (including phenoxy) is 2. The summed E-state index contributed by atoms with van der Waals surface area (Å²) in [5, 5.41) is 6.99. The highest BCUT2D eigenvalue weighted by atomic mass is 35.5. The molecule has 0 fully saturated rings. The Morgan fingerprint density at radius 1 is 1.57 bits per heavy atom. The van der Waals surface area contributed by atoms with E-state index in [0.717, 1.165) is 5.69 Å². The SMILES string of the molecule is COc1cc(C=NNc2nc(C)cs2)cc(Cl)c1OCC(N)=O. The standard InChI is InChI=1S/C14H15ClN4O3S/c1-8-7-23-14(18-8)19-17-5-9-3-10(15)13(11(4-9)21-2)22-6-12(16)20/h3-5,7H,6H2,1-2H3,(H2,16,20)(H,18,19). The quantitative estimate of drug-likeness (QED) is 0.587. The van der Waals surface area contributed by atoms with Crippen molar-refractivity contribution in [1.29, 1.82) is 0 Å². The zero-order valence-electron chi connectivity index (χ0n) is 12.5. The number of anilines is 1. The number of methoxy groups -OCH3 is 1. The normalized spacial score (nSPS) is 10.7. The molecule has 0 atom stereocenters. The lowest BCUT2D eigenvalue weighted by atomic mass is 10.2. The molecule has 0 saturated carbocycles. The number of thiazole rings is 1. The number of nitrogens with zero attached hydrogens (tertiary/aromatic N) is 2. The predicted molar refractivity (Wildman–Crippen MR) is 90.8 cm³/mol. The second-order valence-electron chi connectivity index (χ2n) is 4.45. The van der Waals surface area contributed by atoms with E-state index in [1.807, 2.05) is 12.3 Å². The number of carbonyl (C=O) groups excluding carboxylic acids is 1. The van der Waals surface area contributed by atoms with Crippen molar-refractivity contribution in [2.45, 2.75) is 6.92 Å². The van der Waals surface area contributed by atoms with Gasteiger partial charge in [0.15, 0.2) is 18.1 Å². The Labute approximate surface area is 142 Å². The molecule has 1 amide bonds. The minimum Gasteiger partial charge on any atom is -0.493 e. The first-order valence-electron chi connectivity index (χ1n) is 6.49. The van der Waals surface area contributed by atoms with Gasteiger partial charge in [0, 0.05) is 5.38 Å². The van der Waals surface area contributed by atoms with Crippen molar-refractivity contribution < 1.29 is 14.3 Å². The van der Waals surface area contributed by atoms with Gasteiger partial charge in [0.2, 0.25) is 5.13 Å². The van der Waals surface area contributed by atoms with Crippen LogP contribution >= 0.6 is 22.9 Å². The van der Waals surface area contributed by atoms with E-state index in [1.54, 1.807) is 18.3 Å². The van der Waals surface area contributed by atoms with Gasteiger partial charge in [0.1, 0.15) is 0 Å². The zero-order chi connectivity index (χ0) is 16.8. The van der Waals surface area contributed by atoms with Gasteiger partial charge >= 0.3 is 0 Å². The molecule has 9 heteroatoms. The molecule has 1 heterocycles. The number of primary amides is 1. The summed E-state index contributed by atoms with van der Waals surface area (Å²) >= 11 is 7.60. The summed E-state index contributed by atoms with van der Waals surface area (Å²) in [6.07, 6.45) is 1.57. The number of nitrogens with two attached hydrogens (primary N) is 1. The van der Waals surface area contributed by atoms with Crippen molar-refractivity contribution in [3.8, 4) is 11.5 Å². The lowest BCUT2D eigenvalue weighted by molar-refractivity contribution is -0.119. The van der Waals surface area contributed by atoms with Crippen LogP contribution in [0.1, 0.15) is 11.3 Å². The molecule has 0 unspecified atom stereocenters. The first-order valence-corrected chi connectivity index (χ1v) is 7.75. The van der Waals surface area contributed by atoms with Gasteiger partial charge in [-0.2, -0.15) is 5.10 Å². The van der Waals surface area contributed by atoms with Gasteiger partial charge in [-0.25, -0.2) is 4.98 Å². The third kappa shape index (κ3) is 4.83. The van der Waals surface area contributed by atoms with E-state index in [4.69, 9.17) is 26.8 Å². The van der Waals surface area contributed by atoms with Crippen molar-refractivity contribution in [2.24, 2.45) is 10.8 Å². The second-order valence-corrected chi connectivity index (χ2v) is 5.72. The lowest BCUT2D eigenvalue weighted by Gasteiger charge is -2.12. The molecular formula is C14H15ClN4O3S. The molecule has 0 aliphatic rings. The Kier molecular flexibility index (Phi) is 5.78. The zero-order valence-corrected chi connectivity index (χ0v) is 14.1. The first-order chi connectivity index (χ1) is 11.0. The van der Waals surface area contributed by atoms with Crippen molar-refractivity contribution in [3.05, 3.63) is 33.8 Å². The van der Waals surface area contributed by atoms with E-state index in [0.29, 0.717) is 16.4 Å². The highest BCUT2D eigenvalue weighted by Gasteiger charge is 2.12. The number of rotatable bonds is 7. The molecule has 2 rings (SSSR count). The third-order valence-electron chi connectivity index (χ3n) is 2.60. The highest BCUT2D eigenvalue weighted by Crippen LogP contribution is 2.36. The van der Waals surface area contributed by atoms with Gasteiger partial charge in [-0.05, 0) is 24.6 Å². The Morgan fingerprint density at radius 2 is 2.35 bits per heavy atom. The van der Waals surface area contributed by atoms with E-state index in [2.05, 4.69) is 15.5 Å². The Morgan fingerprint density at radius 3 is 2.96 bits per heavy atom. The summed E-state index contributed by atoms with van der Waals surface area (Å²) in [5.41, 5.74) is 9.50. The summed E-state index contributed by atoms with van der Waals surface area (Å²) in [4.78, 5) is 15.0. The van der Waals surface area contributed by atoms with E-state index < -0.39 is 5.91 Å². The minimum atomic E-state index is -0.600. The Hall–Kier alpha value is -2.32. The summed E-state index contributed by atoms with van der Waals surface area (Å²) in [6, 6.07) is 3.32. The molecule has 3 N–H and O–H groups in total. The number of hydrazone groups is 1. The number of amides is 1. The van der Waals surface area contributed by atoms with Gasteiger partial charge in [0.05, 0.1) is 24.0 Å². The van der Waals surface area contributed by atoms with Crippen LogP contribution in [0.4, 0.5) is 5.13 Å². The maximum Gasteiger partial charge on any atom is 0.255 e. The van der Waals surface area contributed by atoms with Crippen molar-refractivity contribution in [3.63, 3.8) is 0 Å². The minimum absolute atomic E-state index is 0.258. The molecule has 0 aliphatic heterocycles. The maximum atomic E-state index is 10.8. The van der Waals surface area contributed by atoms with E-state index in [9.17, 15) is 4.79 Å². The smallest absolute Gasteiger partial charge is 0.255 e. The van der Waals surface area contributed by atoms with Crippen LogP contribution in [0.2, 0.25) is 5.02 Å². The number of hydrogen-bond acceptors (Lipinski definition) is 7. The molecule has 1 aromatic carbocycles. The molecule has 1 aromatic heterocycles. The molecule has 0 radical (unpaired) electrons. The number of benzene rings is 1. The lowest BCUT2D eigenvalue weighted by Crippen LogP contribution is -2.20. The first kappa shape index (κ1) is 17.0. The fourth-order valence-corrected chi connectivity index (χ4v) is 2.58. The van der Waals surface area contributed by atoms with Gasteiger partial charge in [-0.1, -0.05) is 11.6 Å². The molecule has 0 aliphatic carbocycles. The summed E-state index contributed by atoms with van der Waals surface area (Å²) in [7, 11) is 1.47. The molecule has 2 aromatic rings. The number of carbonyl (C=O) groups is 1. The van der Waals surface area contributed by atoms with Crippen LogP contribution in [-0.2, 0) is 4.79 Å². The molecule has 0 saturated heterocycles. The number of halogens is 1. The summed E-state index contributed by atoms with van der Waals surface area (Å²) < 4.78 is 10.5. The molecule has 0 spiro atoms. The number of aryl methyl sites for hydroxylation is 1. The van der Waals surface area contributed by atoms with Crippen LogP contribution < -0.4 is 20.6 Å². The highest BCUT2D eigenvalue weighted by molar-refractivity contribution is 7.13. The average molecular weight is 355 g/mol. The fraction of sp³-hybridized carbons (Fsp3) is 0.214. The van der Waals surface area contributed by atoms with E-state index >= 15 is 0 Å². The Bertz CT molecular complexity index is 733. The third-order valence-corrected chi connectivity index (χ3v) is 3.75. The van der Waals surface area contributed by atoms with Crippen LogP contribution in [0.3, 0.4) is 0 Å². The van der Waals surface area contributed by atoms with Gasteiger partial charge < -0.3 is 15.2 Å². The monoisotopic (exact) mass is 354 g/mol. The topological polar surface area (TPSA) is 98.8 Å². The van der Waals surface area contributed by atoms with Gasteiger partial charge in [0.25, 0.3) is 5.91 Å². The average Bonchev–Trinajstić information content (AvgIpc) is 2.91. The van der Waals surface area contributed by atoms with Crippen molar-refractivity contribution in [1.82, 2.24) is 4.98 Å². The van der Waals surface area contributed by atoms with Crippen LogP contribution in [0.15, 0.2) is 22.6 Å². The predicted octanol–water partition coefficient (Wildman–Crippen LogP) is 2.42. The van der Waals surface area contributed by atoms with Crippen LogP contribution in [0, 0.1) is 6.92 Å². The Balaban J connectivity index is 2.13. The second kappa shape index (κ2) is 7.80. The van der Waals surface area contributed by atoms with Gasteiger partial charge in [-0.15, -0.1) is 11.3 Å². The fourth-order valence-electron chi connectivity index (χ4n) is 1.67. The maximum absolute atomic E-state index is 10.8. The van der Waals surface area contributed by atoms with Crippen LogP contribution in [0.5, 0.6) is 11.5 Å². The summed E-state index contributed by atoms with van der Waals surface area (Å²) in [5.74, 6) is 0.0376. The summed E-state index contributed by atoms with van der Waals surface area (Å²) in [6.45, 7) is 1.62. The van der Waals surface area contributed by atoms with Crippen molar-refractivity contribution in [2.75, 3.05) is 19.1 Å². The van der Waals surface area contributed by atoms with E-state index in [-0.39, 0.29) is 17.4 Å². The van der Waals surface area contributed by atoms with Crippen LogP contribution in [0.25, 0.3) is 0 Å². The van der Waals surface area contributed by atoms with Crippen molar-refractivity contribution >= 4 is 40.2 Å². The number of nitrogens with one attached hydrogen (secondary N) is 1. The molecule has 122 valence electrons. The molecular weight excluding hydrogens is 340 g/mol. The van der Waals surface area contributed by atoms with Gasteiger partial charge in [-0.3, -0.25) is 10.2 Å². The molecule has 7 nitrogen and oxygen atoms in total. The number of hydrogen-bond donors (Lipinski definition) is 2. The largest absolute Gasteiger partial charge is 0.493 e. The molecule has 23 heavy (non-hydrogen) atoms. The van der Waals surface area contributed by atoms with E-state index in [1.165, 1.54) is 18.4 Å².